The number of aldehydes is 1. The van der Waals surface area contributed by atoms with E-state index in [4.69, 9.17) is 13.1 Å². The summed E-state index contributed by atoms with van der Waals surface area (Å²) in [5.74, 6) is -1.37. The van der Waals surface area contributed by atoms with Crippen LogP contribution in [0, 0.1) is 20.8 Å². The number of carbonyl (C=O) groups excluding carboxylic acids is 1. The van der Waals surface area contributed by atoms with Crippen LogP contribution >= 0.6 is 0 Å². The third-order valence-electron chi connectivity index (χ3n) is 6.68. The number of ether oxygens (including phenoxy) is 1. The van der Waals surface area contributed by atoms with Gasteiger partial charge in [0.15, 0.2) is 12.0 Å². The van der Waals surface area contributed by atoms with Gasteiger partial charge in [0.2, 0.25) is 0 Å². The number of carbonyl (C=O) groups is 1. The minimum Gasteiger partial charge on any atom is -0.486 e. The monoisotopic (exact) mass is 697 g/mol. The number of hydrogen-bond donors (Lipinski definition) is 0. The van der Waals surface area contributed by atoms with Gasteiger partial charge in [-0.2, -0.15) is 25.3 Å². The molecule has 0 fully saturated rings. The second-order valence-electron chi connectivity index (χ2n) is 10.3. The fourth-order valence-corrected chi connectivity index (χ4v) is 7.06. The summed E-state index contributed by atoms with van der Waals surface area (Å²) in [6, 6.07) is 19.6. The third kappa shape index (κ3) is 7.51. The molecule has 47 heavy (non-hydrogen) atoms. The Morgan fingerprint density at radius 3 is 1.64 bits per heavy atom. The summed E-state index contributed by atoms with van der Waals surface area (Å²) in [6.07, 6.45) is 1.35. The predicted molar refractivity (Wildman–Crippen MR) is 168 cm³/mol. The van der Waals surface area contributed by atoms with Crippen LogP contribution in [-0.2, 0) is 36.9 Å². The molecular weight excluding hydrogens is 671 g/mol. The summed E-state index contributed by atoms with van der Waals surface area (Å²) in [4.78, 5) is 11.8. The van der Waals surface area contributed by atoms with Crippen molar-refractivity contribution in [2.24, 2.45) is 0 Å². The van der Waals surface area contributed by atoms with E-state index >= 15 is 0 Å². The number of aryl methyl sites for hydroxylation is 3. The van der Waals surface area contributed by atoms with Crippen molar-refractivity contribution in [1.29, 1.82) is 0 Å². The lowest BCUT2D eigenvalue weighted by molar-refractivity contribution is 0.111. The second-order valence-corrected chi connectivity index (χ2v) is 15.2. The molecule has 0 aliphatic carbocycles. The maximum absolute atomic E-state index is 13.1. The van der Waals surface area contributed by atoms with Gasteiger partial charge in [-0.15, -0.1) is 9.19 Å². The minimum absolute atomic E-state index is 0.00544. The second kappa shape index (κ2) is 13.0. The average Bonchev–Trinajstić information content (AvgIpc) is 3.50. The highest BCUT2D eigenvalue weighted by Crippen LogP contribution is 2.36. The molecular formula is C31H27N3O10S3. The molecule has 1 aromatic heterocycles. The minimum atomic E-state index is -4.52. The Balaban J connectivity index is 1.50. The molecule has 0 aliphatic rings. The van der Waals surface area contributed by atoms with Crippen LogP contribution in [-0.4, -0.2) is 45.9 Å². The maximum Gasteiger partial charge on any atom is 0.339 e. The molecule has 0 amide bonds. The molecule has 244 valence electrons. The molecule has 0 aliphatic heterocycles. The summed E-state index contributed by atoms with van der Waals surface area (Å²) in [5, 5.41) is 7.49. The largest absolute Gasteiger partial charge is 0.486 e. The quantitative estimate of drug-likeness (QED) is 0.133. The maximum atomic E-state index is 13.1. The molecule has 13 nitrogen and oxygen atoms in total. The molecule has 0 bridgehead atoms. The first-order chi connectivity index (χ1) is 22.2. The number of rotatable bonds is 12. The zero-order chi connectivity index (χ0) is 34.0. The summed E-state index contributed by atoms with van der Waals surface area (Å²) in [5.41, 5.74) is 2.05. The van der Waals surface area contributed by atoms with Crippen molar-refractivity contribution in [1.82, 2.24) is 14.4 Å². The highest BCUT2D eigenvalue weighted by atomic mass is 32.2. The van der Waals surface area contributed by atoms with Gasteiger partial charge >= 0.3 is 20.2 Å². The summed E-state index contributed by atoms with van der Waals surface area (Å²) in [6.45, 7) is 4.87. The summed E-state index contributed by atoms with van der Waals surface area (Å²) >= 11 is 0. The van der Waals surface area contributed by atoms with Crippen LogP contribution in [0.2, 0.25) is 0 Å². The Bertz CT molecular complexity index is 2270. The molecule has 0 atom stereocenters. The van der Waals surface area contributed by atoms with E-state index in [0.717, 1.165) is 35.0 Å². The number of benzene rings is 4. The van der Waals surface area contributed by atoms with Gasteiger partial charge in [0.25, 0.3) is 10.0 Å². The first-order valence-electron chi connectivity index (χ1n) is 13.7. The molecule has 5 rings (SSSR count). The van der Waals surface area contributed by atoms with E-state index in [2.05, 4.69) is 10.3 Å². The Morgan fingerprint density at radius 2 is 1.13 bits per heavy atom. The highest BCUT2D eigenvalue weighted by molar-refractivity contribution is 7.89. The molecule has 0 saturated carbocycles. The van der Waals surface area contributed by atoms with E-state index in [1.54, 1.807) is 57.2 Å². The van der Waals surface area contributed by atoms with Crippen molar-refractivity contribution in [3.05, 3.63) is 119 Å². The first-order valence-corrected chi connectivity index (χ1v) is 18.0. The Hall–Kier alpha value is -5.06. The van der Waals surface area contributed by atoms with Gasteiger partial charge in [-0.3, -0.25) is 4.79 Å². The van der Waals surface area contributed by atoms with E-state index in [-0.39, 0.29) is 32.4 Å². The average molecular weight is 698 g/mol. The standard InChI is InChI=1S/C31H27N3O10S3/c1-21-4-10-26(11-5-21)45(36,37)34-18-24(32-33-34)20-42-30-16-25(43-46(38,39)27-12-6-22(2)7-13-27)17-31(29(30)19-35)44-47(40,41)28-14-8-23(3)9-15-28/h4-19H,20H2,1-3H3. The van der Waals surface area contributed by atoms with E-state index in [9.17, 15) is 30.0 Å². The molecule has 0 spiro atoms. The fraction of sp³-hybridized carbons (Fsp3) is 0.129. The van der Waals surface area contributed by atoms with Crippen LogP contribution in [0.3, 0.4) is 0 Å². The van der Waals surface area contributed by atoms with Crippen molar-refractivity contribution >= 4 is 36.5 Å². The Morgan fingerprint density at radius 1 is 0.660 bits per heavy atom. The molecule has 4 aromatic carbocycles. The van der Waals surface area contributed by atoms with Gasteiger partial charge in [-0.05, 0) is 57.2 Å². The SMILES string of the molecule is Cc1ccc(S(=O)(=O)Oc2cc(OCc3cn(S(=O)(=O)c4ccc(C)cc4)nn3)c(C=O)c(OS(=O)(=O)c3ccc(C)cc3)c2)cc1. The molecule has 0 unspecified atom stereocenters. The lowest BCUT2D eigenvalue weighted by Gasteiger charge is -2.15. The van der Waals surface area contributed by atoms with Crippen molar-refractivity contribution in [3.63, 3.8) is 0 Å². The molecule has 16 heteroatoms. The summed E-state index contributed by atoms with van der Waals surface area (Å²) < 4.78 is 95.4. The van der Waals surface area contributed by atoms with Crippen LogP contribution in [0.15, 0.2) is 106 Å². The fourth-order valence-electron chi connectivity index (χ4n) is 4.11. The number of hydrogen-bond acceptors (Lipinski definition) is 12. The zero-order valence-corrected chi connectivity index (χ0v) is 27.5. The van der Waals surface area contributed by atoms with E-state index < -0.39 is 53.9 Å². The van der Waals surface area contributed by atoms with E-state index in [0.29, 0.717) is 4.09 Å². The van der Waals surface area contributed by atoms with Gasteiger partial charge in [-0.1, -0.05) is 58.3 Å². The first kappa shape index (κ1) is 33.3. The van der Waals surface area contributed by atoms with Gasteiger partial charge in [-0.25, -0.2) is 0 Å². The smallest absolute Gasteiger partial charge is 0.339 e. The normalized spacial score (nSPS) is 12.0. The lowest BCUT2D eigenvalue weighted by atomic mass is 10.2. The highest BCUT2D eigenvalue weighted by Gasteiger charge is 2.25. The predicted octanol–water partition coefficient (Wildman–Crippen LogP) is 4.37. The van der Waals surface area contributed by atoms with Crippen molar-refractivity contribution in [2.75, 3.05) is 0 Å². The lowest BCUT2D eigenvalue weighted by Crippen LogP contribution is -2.14. The molecule has 0 radical (unpaired) electrons. The van der Waals surface area contributed by atoms with Gasteiger partial charge in [0.05, 0.1) is 11.1 Å². The Labute approximate surface area is 271 Å². The van der Waals surface area contributed by atoms with Crippen molar-refractivity contribution in [3.8, 4) is 17.2 Å². The number of aromatic nitrogens is 3. The van der Waals surface area contributed by atoms with Gasteiger partial charge < -0.3 is 13.1 Å². The van der Waals surface area contributed by atoms with Crippen LogP contribution < -0.4 is 13.1 Å². The van der Waals surface area contributed by atoms with Crippen LogP contribution in [0.25, 0.3) is 0 Å². The van der Waals surface area contributed by atoms with Crippen molar-refractivity contribution in [2.45, 2.75) is 42.1 Å². The van der Waals surface area contributed by atoms with Gasteiger partial charge in [0, 0.05) is 12.1 Å². The van der Waals surface area contributed by atoms with Crippen molar-refractivity contribution < 1.29 is 43.2 Å². The molecule has 0 N–H and O–H groups in total. The van der Waals surface area contributed by atoms with Crippen LogP contribution in [0.5, 0.6) is 17.2 Å². The topological polar surface area (TPSA) is 178 Å². The Kier molecular flexibility index (Phi) is 9.20. The third-order valence-corrected chi connectivity index (χ3v) is 10.7. The zero-order valence-electron chi connectivity index (χ0n) is 25.1. The van der Waals surface area contributed by atoms with Gasteiger partial charge in [0.1, 0.15) is 39.2 Å². The summed E-state index contributed by atoms with van der Waals surface area (Å²) in [7, 11) is -13.0. The number of nitrogens with zero attached hydrogens (tertiary/aromatic N) is 3. The molecule has 5 aromatic rings. The van der Waals surface area contributed by atoms with E-state index in [1.165, 1.54) is 36.4 Å². The van der Waals surface area contributed by atoms with Crippen LogP contribution in [0.1, 0.15) is 32.7 Å². The van der Waals surface area contributed by atoms with E-state index in [1.807, 2.05) is 0 Å². The molecule has 1 heterocycles. The van der Waals surface area contributed by atoms with Crippen LogP contribution in [0.4, 0.5) is 0 Å². The molecule has 0 saturated heterocycles.